The molecule has 0 spiro atoms. The largest absolute Gasteiger partial charge is 0.744 e. The number of nitrogens with zero attached hydrogens (tertiary/aromatic N) is 2. The zero-order chi connectivity index (χ0) is 21.1. The van der Waals surface area contributed by atoms with Crippen LogP contribution in [0.3, 0.4) is 0 Å². The summed E-state index contributed by atoms with van der Waals surface area (Å²) in [6.07, 6.45) is 0.0105. The molecule has 3 aromatic rings. The molecule has 0 bridgehead atoms. The molecule has 0 unspecified atom stereocenters. The summed E-state index contributed by atoms with van der Waals surface area (Å²) in [5.41, 5.74) is 3.71. The molecule has 152 valence electrons. The van der Waals surface area contributed by atoms with Crippen molar-refractivity contribution in [3.8, 4) is 11.5 Å². The molecular formula is C21H16N3O5S-. The summed E-state index contributed by atoms with van der Waals surface area (Å²) >= 11 is 0. The molecule has 0 saturated carbocycles. The molecular weight excluding hydrogens is 406 g/mol. The number of hydrogen-bond donors (Lipinski definition) is 1. The van der Waals surface area contributed by atoms with Crippen LogP contribution in [0.1, 0.15) is 6.42 Å². The standard InChI is InChI=1S/C21H17N3O5S/c25-21-14-20(22-15-7-3-1-4-8-15)23-24(21)16-11-12-18(19(13-16)30(26,27)28)29-17-9-5-2-6-10-17/h1-13H,14H2,(H,22,23)(H,26,27,28)/p-1. The van der Waals surface area contributed by atoms with Gasteiger partial charge in [-0.3, -0.25) is 10.2 Å². The number of ether oxygens (including phenoxy) is 1. The first kappa shape index (κ1) is 19.6. The molecule has 3 aromatic carbocycles. The van der Waals surface area contributed by atoms with Crippen molar-refractivity contribution in [2.24, 2.45) is 4.99 Å². The zero-order valence-corrected chi connectivity index (χ0v) is 16.4. The molecule has 1 amide bonds. The third kappa shape index (κ3) is 4.32. The van der Waals surface area contributed by atoms with Crippen molar-refractivity contribution >= 4 is 33.2 Å². The van der Waals surface area contributed by atoms with Gasteiger partial charge in [0.15, 0.2) is 0 Å². The Kier molecular flexibility index (Phi) is 5.21. The minimum atomic E-state index is -4.86. The molecule has 4 rings (SSSR count). The molecule has 0 aromatic heterocycles. The molecule has 1 aliphatic heterocycles. The lowest BCUT2D eigenvalue weighted by molar-refractivity contribution is -0.116. The first-order valence-electron chi connectivity index (χ1n) is 8.95. The van der Waals surface area contributed by atoms with Gasteiger partial charge in [0.05, 0.1) is 22.7 Å². The second kappa shape index (κ2) is 7.97. The number of hydrogen-bond acceptors (Lipinski definition) is 6. The van der Waals surface area contributed by atoms with Gasteiger partial charge in [0.1, 0.15) is 27.5 Å². The average Bonchev–Trinajstić information content (AvgIpc) is 3.09. The Bertz CT molecular complexity index is 1210. The fraction of sp³-hybridized carbons (Fsp3) is 0.0476. The number of para-hydroxylation sites is 2. The first-order valence-corrected chi connectivity index (χ1v) is 10.4. The van der Waals surface area contributed by atoms with Crippen LogP contribution in [0, 0.1) is 0 Å². The summed E-state index contributed by atoms with van der Waals surface area (Å²) < 4.78 is 41.0. The number of rotatable bonds is 5. The Morgan fingerprint density at radius 3 is 2.30 bits per heavy atom. The Labute approximate surface area is 173 Å². The molecule has 9 heteroatoms. The molecule has 1 fully saturated rings. The lowest BCUT2D eigenvalue weighted by Gasteiger charge is -2.20. The third-order valence-corrected chi connectivity index (χ3v) is 5.11. The van der Waals surface area contributed by atoms with Gasteiger partial charge in [-0.15, -0.1) is 0 Å². The number of anilines is 1. The number of hydrazine groups is 1. The zero-order valence-electron chi connectivity index (χ0n) is 15.6. The average molecular weight is 422 g/mol. The van der Waals surface area contributed by atoms with E-state index in [4.69, 9.17) is 4.74 Å². The van der Waals surface area contributed by atoms with Gasteiger partial charge in [0, 0.05) is 0 Å². The van der Waals surface area contributed by atoms with Crippen LogP contribution in [0.4, 0.5) is 11.4 Å². The molecule has 1 aliphatic rings. The second-order valence-electron chi connectivity index (χ2n) is 6.41. The van der Waals surface area contributed by atoms with E-state index in [2.05, 4.69) is 10.4 Å². The summed E-state index contributed by atoms with van der Waals surface area (Å²) in [4.78, 5) is 16.2. The molecule has 30 heavy (non-hydrogen) atoms. The van der Waals surface area contributed by atoms with E-state index < -0.39 is 15.0 Å². The van der Waals surface area contributed by atoms with Crippen LogP contribution in [-0.2, 0) is 14.9 Å². The Balaban J connectivity index is 1.65. The minimum Gasteiger partial charge on any atom is -0.744 e. The quantitative estimate of drug-likeness (QED) is 0.631. The highest BCUT2D eigenvalue weighted by Gasteiger charge is 2.28. The molecule has 1 heterocycles. The monoisotopic (exact) mass is 422 g/mol. The molecule has 8 nitrogen and oxygen atoms in total. The fourth-order valence-electron chi connectivity index (χ4n) is 2.92. The van der Waals surface area contributed by atoms with Gasteiger partial charge in [-0.1, -0.05) is 36.4 Å². The molecule has 1 saturated heterocycles. The maximum absolute atomic E-state index is 12.4. The van der Waals surface area contributed by atoms with Gasteiger partial charge in [-0.2, -0.15) is 0 Å². The van der Waals surface area contributed by atoms with E-state index in [0.717, 1.165) is 11.1 Å². The van der Waals surface area contributed by atoms with Crippen molar-refractivity contribution in [1.82, 2.24) is 5.43 Å². The van der Waals surface area contributed by atoms with Crippen LogP contribution in [0.2, 0.25) is 0 Å². The summed E-state index contributed by atoms with van der Waals surface area (Å²) in [7, 11) is -4.86. The summed E-state index contributed by atoms with van der Waals surface area (Å²) in [5, 5.41) is 1.16. The van der Waals surface area contributed by atoms with Gasteiger partial charge >= 0.3 is 0 Å². The van der Waals surface area contributed by atoms with E-state index >= 15 is 0 Å². The first-order chi connectivity index (χ1) is 14.4. The van der Waals surface area contributed by atoms with Crippen LogP contribution in [0.15, 0.2) is 88.8 Å². The highest BCUT2D eigenvalue weighted by Crippen LogP contribution is 2.33. The lowest BCUT2D eigenvalue weighted by Crippen LogP contribution is -2.35. The van der Waals surface area contributed by atoms with Gasteiger partial charge in [-0.05, 0) is 42.5 Å². The fourth-order valence-corrected chi connectivity index (χ4v) is 3.54. The van der Waals surface area contributed by atoms with Crippen LogP contribution in [-0.4, -0.2) is 24.7 Å². The number of nitrogens with one attached hydrogen (secondary N) is 1. The van der Waals surface area contributed by atoms with Crippen molar-refractivity contribution in [1.29, 1.82) is 0 Å². The maximum Gasteiger partial charge on any atom is 0.253 e. The van der Waals surface area contributed by atoms with E-state index in [-0.39, 0.29) is 23.8 Å². The Hall–Kier alpha value is -3.69. The van der Waals surface area contributed by atoms with E-state index in [0.29, 0.717) is 17.3 Å². The molecule has 1 N–H and O–H groups in total. The van der Waals surface area contributed by atoms with E-state index in [1.807, 2.05) is 18.2 Å². The third-order valence-electron chi connectivity index (χ3n) is 4.26. The van der Waals surface area contributed by atoms with Crippen molar-refractivity contribution in [2.45, 2.75) is 11.3 Å². The van der Waals surface area contributed by atoms with E-state index in [1.165, 1.54) is 12.1 Å². The topological polar surface area (TPSA) is 111 Å². The van der Waals surface area contributed by atoms with Crippen LogP contribution < -0.4 is 15.2 Å². The van der Waals surface area contributed by atoms with Gasteiger partial charge in [0.25, 0.3) is 5.91 Å². The van der Waals surface area contributed by atoms with Crippen LogP contribution >= 0.6 is 0 Å². The Morgan fingerprint density at radius 1 is 0.967 bits per heavy atom. The predicted octanol–water partition coefficient (Wildman–Crippen LogP) is 3.35. The van der Waals surface area contributed by atoms with E-state index in [1.54, 1.807) is 42.5 Å². The highest BCUT2D eigenvalue weighted by molar-refractivity contribution is 7.85. The number of benzene rings is 3. The van der Waals surface area contributed by atoms with Crippen molar-refractivity contribution in [2.75, 3.05) is 5.01 Å². The maximum atomic E-state index is 12.4. The summed E-state index contributed by atoms with van der Waals surface area (Å²) in [5.74, 6) is 0.325. The van der Waals surface area contributed by atoms with Crippen molar-refractivity contribution < 1.29 is 22.5 Å². The second-order valence-corrected chi connectivity index (χ2v) is 7.76. The molecule has 0 atom stereocenters. The number of carbonyl (C=O) groups is 1. The minimum absolute atomic E-state index is 0.0105. The van der Waals surface area contributed by atoms with Crippen LogP contribution in [0.25, 0.3) is 0 Å². The highest BCUT2D eigenvalue weighted by atomic mass is 32.2. The van der Waals surface area contributed by atoms with Gasteiger partial charge in [0.2, 0.25) is 0 Å². The number of amidine groups is 1. The molecule has 0 radical (unpaired) electrons. The van der Waals surface area contributed by atoms with Gasteiger partial charge < -0.3 is 9.29 Å². The van der Waals surface area contributed by atoms with E-state index in [9.17, 15) is 17.8 Å². The normalized spacial score (nSPS) is 15.3. The number of amides is 1. The summed E-state index contributed by atoms with van der Waals surface area (Å²) in [6, 6.07) is 21.5. The SMILES string of the molecule is O=C1CC(=Nc2ccccc2)NN1c1ccc(Oc2ccccc2)c(S(=O)(=O)[O-])c1. The van der Waals surface area contributed by atoms with Crippen molar-refractivity contribution in [3.05, 3.63) is 78.9 Å². The lowest BCUT2D eigenvalue weighted by atomic mass is 10.2. The number of carbonyl (C=O) groups excluding carboxylic acids is 1. The van der Waals surface area contributed by atoms with Gasteiger partial charge in [-0.25, -0.2) is 18.4 Å². The summed E-state index contributed by atoms with van der Waals surface area (Å²) in [6.45, 7) is 0. The smallest absolute Gasteiger partial charge is 0.253 e. The van der Waals surface area contributed by atoms with Crippen LogP contribution in [0.5, 0.6) is 11.5 Å². The molecule has 0 aliphatic carbocycles. The number of aliphatic imine (C=N–C) groups is 1. The predicted molar refractivity (Wildman–Crippen MR) is 110 cm³/mol. The van der Waals surface area contributed by atoms with Crippen molar-refractivity contribution in [3.63, 3.8) is 0 Å². The Morgan fingerprint density at radius 2 is 1.63 bits per heavy atom.